The van der Waals surface area contributed by atoms with Crippen LogP contribution in [-0.4, -0.2) is 29.1 Å². The third-order valence-electron chi connectivity index (χ3n) is 0.950. The maximum Gasteiger partial charge on any atom is 0.320 e. The highest BCUT2D eigenvalue weighted by Gasteiger charge is 2.08. The van der Waals surface area contributed by atoms with Crippen molar-refractivity contribution < 1.29 is 9.90 Å². The molecule has 0 amide bonds. The number of carbonyl (C=O) groups is 1. The zero-order valence-corrected chi connectivity index (χ0v) is 8.27. The molecule has 0 aliphatic carbocycles. The highest BCUT2D eigenvalue weighted by molar-refractivity contribution is 8.93. The number of hydrogen-bond donors (Lipinski definition) is 2. The first-order valence-corrected chi connectivity index (χ1v) is 4.05. The van der Waals surface area contributed by atoms with Gasteiger partial charge in [-0.15, -0.1) is 17.0 Å². The lowest BCUT2D eigenvalue weighted by Gasteiger charge is -2.02. The van der Waals surface area contributed by atoms with Crippen molar-refractivity contribution in [2.45, 2.75) is 12.5 Å². The molecule has 0 saturated carbocycles. The molecule has 0 bridgehead atoms. The van der Waals surface area contributed by atoms with Crippen molar-refractivity contribution in [2.75, 3.05) is 12.0 Å². The summed E-state index contributed by atoms with van der Waals surface area (Å²) in [6.07, 6.45) is 2.48. The van der Waals surface area contributed by atoms with Gasteiger partial charge in [-0.3, -0.25) is 4.79 Å². The number of hydrogen-bond acceptors (Lipinski definition) is 3. The van der Waals surface area contributed by atoms with E-state index in [2.05, 4.69) is 0 Å². The molecule has 0 aliphatic rings. The highest BCUT2D eigenvalue weighted by Crippen LogP contribution is 1.97. The summed E-state index contributed by atoms with van der Waals surface area (Å²) >= 11 is 1.60. The van der Waals surface area contributed by atoms with E-state index in [1.54, 1.807) is 11.8 Å². The number of rotatable bonds is 4. The molecule has 10 heavy (non-hydrogen) atoms. The van der Waals surface area contributed by atoms with Crippen LogP contribution in [0.25, 0.3) is 0 Å². The quantitative estimate of drug-likeness (QED) is 0.747. The Hall–Kier alpha value is 0.260. The van der Waals surface area contributed by atoms with E-state index in [1.807, 2.05) is 6.26 Å². The van der Waals surface area contributed by atoms with Gasteiger partial charge in [0.1, 0.15) is 6.04 Å². The zero-order chi connectivity index (χ0) is 7.28. The normalized spacial score (nSPS) is 11.8. The van der Waals surface area contributed by atoms with Gasteiger partial charge in [0.2, 0.25) is 0 Å². The predicted molar refractivity (Wildman–Crippen MR) is 48.9 cm³/mol. The number of carboxylic acids is 1. The van der Waals surface area contributed by atoms with Gasteiger partial charge < -0.3 is 10.8 Å². The largest absolute Gasteiger partial charge is 0.480 e. The smallest absolute Gasteiger partial charge is 0.320 e. The van der Waals surface area contributed by atoms with Gasteiger partial charge >= 0.3 is 5.97 Å². The molecule has 3 nitrogen and oxygen atoms in total. The molecule has 0 radical (unpaired) electrons. The van der Waals surface area contributed by atoms with E-state index in [0.717, 1.165) is 5.75 Å². The second kappa shape index (κ2) is 7.37. The predicted octanol–water partition coefficient (Wildman–Crippen LogP) is 0.729. The molecule has 3 N–H and O–H groups in total. The van der Waals surface area contributed by atoms with Crippen molar-refractivity contribution in [3.8, 4) is 0 Å². The monoisotopic (exact) mass is 229 g/mol. The van der Waals surface area contributed by atoms with Gasteiger partial charge in [-0.25, -0.2) is 0 Å². The Bertz CT molecular complexity index is 102. The Labute approximate surface area is 75.1 Å². The van der Waals surface area contributed by atoms with E-state index in [4.69, 9.17) is 10.8 Å². The van der Waals surface area contributed by atoms with E-state index in [9.17, 15) is 4.79 Å². The van der Waals surface area contributed by atoms with E-state index < -0.39 is 12.0 Å². The van der Waals surface area contributed by atoms with Crippen molar-refractivity contribution in [3.63, 3.8) is 0 Å². The Morgan fingerprint density at radius 2 is 2.30 bits per heavy atom. The molecule has 0 aliphatic heterocycles. The second-order valence-electron chi connectivity index (χ2n) is 1.73. The van der Waals surface area contributed by atoms with Gasteiger partial charge in [0, 0.05) is 0 Å². The van der Waals surface area contributed by atoms with E-state index in [1.165, 1.54) is 0 Å². The number of halogens is 1. The summed E-state index contributed by atoms with van der Waals surface area (Å²) in [5.74, 6) is -0.1000. The Morgan fingerprint density at radius 3 is 2.60 bits per heavy atom. The fraction of sp³-hybridized carbons (Fsp3) is 0.800. The van der Waals surface area contributed by atoms with Crippen LogP contribution in [-0.2, 0) is 4.79 Å². The number of nitrogens with two attached hydrogens (primary N) is 1. The molecule has 0 aromatic rings. The Morgan fingerprint density at radius 1 is 1.80 bits per heavy atom. The van der Waals surface area contributed by atoms with Gasteiger partial charge in [0.15, 0.2) is 0 Å². The minimum absolute atomic E-state index is 0. The lowest BCUT2D eigenvalue weighted by molar-refractivity contribution is -0.138. The van der Waals surface area contributed by atoms with Crippen LogP contribution in [0.3, 0.4) is 0 Å². The molecule has 0 aromatic carbocycles. The molecule has 0 spiro atoms. The summed E-state index contributed by atoms with van der Waals surface area (Å²) in [6.45, 7) is 0. The second-order valence-corrected chi connectivity index (χ2v) is 2.71. The lowest BCUT2D eigenvalue weighted by Crippen LogP contribution is -2.30. The van der Waals surface area contributed by atoms with Crippen molar-refractivity contribution in [3.05, 3.63) is 0 Å². The molecule has 0 rings (SSSR count). The van der Waals surface area contributed by atoms with Crippen molar-refractivity contribution >= 4 is 34.7 Å². The summed E-state index contributed by atoms with van der Waals surface area (Å²) in [5.41, 5.74) is 5.19. The maximum atomic E-state index is 10.1. The average molecular weight is 230 g/mol. The number of carboxylic acid groups (broad SMARTS) is 1. The molecule has 0 fully saturated rings. The van der Waals surface area contributed by atoms with Crippen molar-refractivity contribution in [2.24, 2.45) is 5.73 Å². The van der Waals surface area contributed by atoms with E-state index in [0.29, 0.717) is 6.42 Å². The fourth-order valence-corrected chi connectivity index (χ4v) is 0.858. The third kappa shape index (κ3) is 6.38. The summed E-state index contributed by atoms with van der Waals surface area (Å²) in [7, 11) is 0. The third-order valence-corrected chi connectivity index (χ3v) is 1.59. The van der Waals surface area contributed by atoms with Gasteiger partial charge in [-0.2, -0.15) is 11.8 Å². The molecular weight excluding hydrogens is 218 g/mol. The summed E-state index contributed by atoms with van der Waals surface area (Å²) in [4.78, 5) is 10.1. The van der Waals surface area contributed by atoms with E-state index >= 15 is 0 Å². The first kappa shape index (κ1) is 12.9. The molecule has 0 saturated heterocycles. The Balaban J connectivity index is 0. The molecule has 1 atom stereocenters. The van der Waals surface area contributed by atoms with Crippen molar-refractivity contribution in [1.82, 2.24) is 0 Å². The minimum Gasteiger partial charge on any atom is -0.480 e. The van der Waals surface area contributed by atoms with Crippen LogP contribution >= 0.6 is 28.7 Å². The van der Waals surface area contributed by atoms with Crippen molar-refractivity contribution in [1.29, 1.82) is 0 Å². The zero-order valence-electron chi connectivity index (χ0n) is 5.74. The average Bonchev–Trinajstić information content (AvgIpc) is 1.82. The first-order chi connectivity index (χ1) is 4.18. The highest BCUT2D eigenvalue weighted by atomic mass is 79.9. The summed E-state index contributed by atoms with van der Waals surface area (Å²) < 4.78 is 0. The maximum absolute atomic E-state index is 10.1. The van der Waals surface area contributed by atoms with Crippen LogP contribution < -0.4 is 5.73 Å². The molecule has 5 heteroatoms. The number of aliphatic carboxylic acids is 1. The van der Waals surface area contributed by atoms with Crippen LogP contribution in [0.5, 0.6) is 0 Å². The van der Waals surface area contributed by atoms with E-state index in [-0.39, 0.29) is 17.0 Å². The van der Waals surface area contributed by atoms with Crippen LogP contribution in [0.2, 0.25) is 0 Å². The molecule has 0 aromatic heterocycles. The number of thioether (sulfide) groups is 1. The standard InChI is InChI=1S/C5H11NO2S.BrH/c1-9-3-2-4(6)5(7)8;/h4H,2-3,6H2,1H3,(H,7,8);1H. The SMILES string of the molecule is Br.CSCCC(N)C(=O)O. The van der Waals surface area contributed by atoms with Gasteiger partial charge in [-0.1, -0.05) is 0 Å². The molecular formula is C5H12BrNO2S. The summed E-state index contributed by atoms with van der Waals surface area (Å²) in [6, 6.07) is -0.683. The van der Waals surface area contributed by atoms with Crippen LogP contribution in [0.15, 0.2) is 0 Å². The van der Waals surface area contributed by atoms with Gasteiger partial charge in [0.05, 0.1) is 0 Å². The Kier molecular flexibility index (Phi) is 9.50. The van der Waals surface area contributed by atoms with Crippen LogP contribution in [0.1, 0.15) is 6.42 Å². The molecule has 62 valence electrons. The van der Waals surface area contributed by atoms with Crippen LogP contribution in [0.4, 0.5) is 0 Å². The summed E-state index contributed by atoms with van der Waals surface area (Å²) in [5, 5.41) is 8.27. The van der Waals surface area contributed by atoms with Crippen LogP contribution in [0, 0.1) is 0 Å². The lowest BCUT2D eigenvalue weighted by atomic mass is 10.2. The minimum atomic E-state index is -0.913. The topological polar surface area (TPSA) is 63.3 Å². The molecule has 0 heterocycles. The fourth-order valence-electron chi connectivity index (χ4n) is 0.368. The first-order valence-electron chi connectivity index (χ1n) is 2.65. The molecule has 1 unspecified atom stereocenters. The van der Waals surface area contributed by atoms with Gasteiger partial charge in [0.25, 0.3) is 0 Å². The van der Waals surface area contributed by atoms with Gasteiger partial charge in [-0.05, 0) is 18.4 Å².